The van der Waals surface area contributed by atoms with Crippen LogP contribution in [0.25, 0.3) is 10.4 Å². The Morgan fingerprint density at radius 2 is 1.76 bits per heavy atom. The average molecular weight is 502 g/mol. The molecule has 2 heterocycles. The Hall–Kier alpha value is -2.52. The largest absolute Gasteiger partial charge is 0.323 e. The number of halogens is 1. The summed E-state index contributed by atoms with van der Waals surface area (Å²) in [6.45, 7) is 0. The first kappa shape index (κ1) is 23.6. The third kappa shape index (κ3) is 5.89. The Morgan fingerprint density at radius 3 is 2.45 bits per heavy atom. The highest BCUT2D eigenvalue weighted by molar-refractivity contribution is 8.00. The average Bonchev–Trinajstić information content (AvgIpc) is 3.31. The second kappa shape index (κ2) is 10.6. The molecule has 1 aliphatic heterocycles. The van der Waals surface area contributed by atoms with Crippen LogP contribution in [0.15, 0.2) is 60.7 Å². The van der Waals surface area contributed by atoms with Crippen LogP contribution < -0.4 is 16.1 Å². The van der Waals surface area contributed by atoms with Crippen molar-refractivity contribution < 1.29 is 14.8 Å². The summed E-state index contributed by atoms with van der Waals surface area (Å²) in [7, 11) is 0. The fourth-order valence-corrected chi connectivity index (χ4v) is 7.00. The van der Waals surface area contributed by atoms with Gasteiger partial charge in [-0.05, 0) is 66.6 Å². The van der Waals surface area contributed by atoms with Crippen molar-refractivity contribution in [2.45, 2.75) is 30.4 Å². The van der Waals surface area contributed by atoms with Crippen LogP contribution in [0.3, 0.4) is 0 Å². The summed E-state index contributed by atoms with van der Waals surface area (Å²) >= 11 is 9.42. The molecule has 0 radical (unpaired) electrons. The molecule has 2 aromatic carbocycles. The van der Waals surface area contributed by atoms with Crippen molar-refractivity contribution in [3.63, 3.8) is 0 Å². The standard InChI is InChI=1S/C24H24ClN3O3S2/c25-17-6-4-8-19(14-17)27-23(30)26-18-7-3-5-16(13-18)20-9-10-21(33-20)24(15-22(29)28-31)11-1-2-12-32-24/h3-10,13-14,31H,1-2,11-12,15H2,(H,28,29)(H2,26,27,30)/t24-/m0/s1. The molecule has 1 aromatic heterocycles. The minimum absolute atomic E-state index is 0.249. The van der Waals surface area contributed by atoms with Crippen LogP contribution in [0.2, 0.25) is 5.02 Å². The van der Waals surface area contributed by atoms with E-state index in [4.69, 9.17) is 16.8 Å². The number of thioether (sulfide) groups is 1. The van der Waals surface area contributed by atoms with Gasteiger partial charge >= 0.3 is 6.03 Å². The molecule has 1 aliphatic rings. The van der Waals surface area contributed by atoms with Gasteiger partial charge in [0.05, 0.1) is 4.75 Å². The van der Waals surface area contributed by atoms with Gasteiger partial charge in [-0.25, -0.2) is 10.3 Å². The minimum atomic E-state index is -0.365. The lowest BCUT2D eigenvalue weighted by atomic mass is 9.94. The fraction of sp³-hybridized carbons (Fsp3) is 0.250. The number of nitrogens with one attached hydrogen (secondary N) is 3. The molecule has 1 atom stereocenters. The molecule has 3 amide bonds. The number of anilines is 2. The molecule has 9 heteroatoms. The lowest BCUT2D eigenvalue weighted by Gasteiger charge is -2.35. The zero-order chi connectivity index (χ0) is 23.3. The number of carbonyl (C=O) groups excluding carboxylic acids is 2. The van der Waals surface area contributed by atoms with Gasteiger partial charge in [0.25, 0.3) is 0 Å². The van der Waals surface area contributed by atoms with Crippen LogP contribution in [0.5, 0.6) is 0 Å². The zero-order valence-electron chi connectivity index (χ0n) is 17.8. The third-order valence-corrected chi connectivity index (χ3v) is 8.78. The van der Waals surface area contributed by atoms with Crippen LogP contribution >= 0.6 is 34.7 Å². The van der Waals surface area contributed by atoms with Crippen molar-refractivity contribution in [2.24, 2.45) is 0 Å². The van der Waals surface area contributed by atoms with E-state index in [2.05, 4.69) is 22.8 Å². The Labute approximate surface area is 205 Å². The minimum Gasteiger partial charge on any atom is -0.308 e. The van der Waals surface area contributed by atoms with Crippen molar-refractivity contribution in [2.75, 3.05) is 16.4 Å². The molecule has 3 aromatic rings. The molecule has 4 rings (SSSR count). The summed E-state index contributed by atoms with van der Waals surface area (Å²) in [5.41, 5.74) is 4.05. The Kier molecular flexibility index (Phi) is 7.60. The molecule has 33 heavy (non-hydrogen) atoms. The number of hydrogen-bond donors (Lipinski definition) is 4. The molecule has 0 spiro atoms. The van der Waals surface area contributed by atoms with Gasteiger partial charge in [0.1, 0.15) is 0 Å². The molecule has 0 aliphatic carbocycles. The van der Waals surface area contributed by atoms with Gasteiger partial charge in [-0.2, -0.15) is 0 Å². The molecule has 172 valence electrons. The highest BCUT2D eigenvalue weighted by atomic mass is 35.5. The monoisotopic (exact) mass is 501 g/mol. The Bertz CT molecular complexity index is 1150. The Balaban J connectivity index is 1.50. The van der Waals surface area contributed by atoms with Gasteiger partial charge in [-0.1, -0.05) is 36.2 Å². The van der Waals surface area contributed by atoms with Crippen molar-refractivity contribution >= 4 is 58.0 Å². The first-order valence-electron chi connectivity index (χ1n) is 10.6. The third-order valence-electron chi connectivity index (χ3n) is 5.47. The zero-order valence-corrected chi connectivity index (χ0v) is 20.2. The lowest BCUT2D eigenvalue weighted by Crippen LogP contribution is -2.32. The number of thiophene rings is 1. The number of amides is 3. The maximum Gasteiger partial charge on any atom is 0.323 e. The summed E-state index contributed by atoms with van der Waals surface area (Å²) in [6.07, 6.45) is 3.34. The van der Waals surface area contributed by atoms with Crippen LogP contribution in [0.1, 0.15) is 30.6 Å². The quantitative estimate of drug-likeness (QED) is 0.223. The highest BCUT2D eigenvalue weighted by Gasteiger charge is 2.38. The maximum atomic E-state index is 12.4. The van der Waals surface area contributed by atoms with E-state index in [0.717, 1.165) is 40.3 Å². The summed E-state index contributed by atoms with van der Waals surface area (Å²) in [5, 5.41) is 15.2. The second-order valence-corrected chi connectivity index (χ2v) is 10.8. The van der Waals surface area contributed by atoms with Gasteiger partial charge in [0, 0.05) is 32.6 Å². The molecule has 4 N–H and O–H groups in total. The topological polar surface area (TPSA) is 90.5 Å². The van der Waals surface area contributed by atoms with Gasteiger partial charge in [0.15, 0.2) is 0 Å². The smallest absolute Gasteiger partial charge is 0.308 e. The summed E-state index contributed by atoms with van der Waals surface area (Å²) in [4.78, 5) is 26.6. The first-order chi connectivity index (χ1) is 16.0. The number of hydrogen-bond acceptors (Lipinski definition) is 5. The number of carbonyl (C=O) groups is 2. The van der Waals surface area contributed by atoms with E-state index in [1.165, 1.54) is 0 Å². The lowest BCUT2D eigenvalue weighted by molar-refractivity contribution is -0.129. The van der Waals surface area contributed by atoms with Gasteiger partial charge < -0.3 is 10.6 Å². The second-order valence-electron chi connectivity index (χ2n) is 7.85. The number of benzene rings is 2. The highest BCUT2D eigenvalue weighted by Crippen LogP contribution is 2.50. The Morgan fingerprint density at radius 1 is 1.00 bits per heavy atom. The van der Waals surface area contributed by atoms with Crippen molar-refractivity contribution in [3.05, 3.63) is 70.6 Å². The van der Waals surface area contributed by atoms with Gasteiger partial charge in [-0.15, -0.1) is 23.1 Å². The molecule has 0 saturated carbocycles. The number of urea groups is 1. The predicted octanol–water partition coefficient (Wildman–Crippen LogP) is 6.72. The van der Waals surface area contributed by atoms with E-state index in [0.29, 0.717) is 16.4 Å². The summed E-state index contributed by atoms with van der Waals surface area (Å²) < 4.78 is -0.319. The van der Waals surface area contributed by atoms with E-state index in [1.807, 2.05) is 24.3 Å². The van der Waals surface area contributed by atoms with Crippen LogP contribution in [0.4, 0.5) is 16.2 Å². The normalized spacial score (nSPS) is 17.9. The van der Waals surface area contributed by atoms with Crippen LogP contribution in [-0.2, 0) is 9.54 Å². The molecule has 1 fully saturated rings. The molecule has 6 nitrogen and oxygen atoms in total. The van der Waals surface area contributed by atoms with E-state index >= 15 is 0 Å². The van der Waals surface area contributed by atoms with Gasteiger partial charge in [0.2, 0.25) is 5.91 Å². The van der Waals surface area contributed by atoms with Crippen molar-refractivity contribution in [3.8, 4) is 10.4 Å². The molecule has 1 saturated heterocycles. The fourth-order valence-electron chi connectivity index (χ4n) is 3.92. The molecule has 0 bridgehead atoms. The number of rotatable bonds is 6. The van der Waals surface area contributed by atoms with E-state index in [9.17, 15) is 9.59 Å². The van der Waals surface area contributed by atoms with Crippen molar-refractivity contribution in [1.82, 2.24) is 5.48 Å². The molecule has 0 unspecified atom stereocenters. The van der Waals surface area contributed by atoms with Crippen LogP contribution in [-0.4, -0.2) is 22.9 Å². The summed E-state index contributed by atoms with van der Waals surface area (Å²) in [6, 6.07) is 18.4. The van der Waals surface area contributed by atoms with E-state index in [1.54, 1.807) is 52.8 Å². The number of hydroxylamine groups is 1. The van der Waals surface area contributed by atoms with Gasteiger partial charge in [-0.3, -0.25) is 10.0 Å². The van der Waals surface area contributed by atoms with E-state index < -0.39 is 0 Å². The SMILES string of the molecule is O=C(C[C@]1(c2ccc(-c3cccc(NC(=O)Nc4cccc(Cl)c4)c3)s2)CCCCS1)NO. The summed E-state index contributed by atoms with van der Waals surface area (Å²) in [5.74, 6) is 0.629. The maximum absolute atomic E-state index is 12.4. The van der Waals surface area contributed by atoms with Crippen LogP contribution in [0, 0.1) is 0 Å². The predicted molar refractivity (Wildman–Crippen MR) is 136 cm³/mol. The molecular formula is C24H24ClN3O3S2. The molecular weight excluding hydrogens is 478 g/mol. The van der Waals surface area contributed by atoms with Crippen molar-refractivity contribution in [1.29, 1.82) is 0 Å². The van der Waals surface area contributed by atoms with E-state index in [-0.39, 0.29) is 23.1 Å². The first-order valence-corrected chi connectivity index (χ1v) is 12.8.